The average molecular weight is 594 g/mol. The van der Waals surface area contributed by atoms with Crippen molar-refractivity contribution >= 4 is 34.4 Å². The Bertz CT molecular complexity index is 1330. The van der Waals surface area contributed by atoms with Crippen molar-refractivity contribution in [1.29, 1.82) is 0 Å². The van der Waals surface area contributed by atoms with Crippen molar-refractivity contribution in [3.05, 3.63) is 105 Å². The summed E-state index contributed by atoms with van der Waals surface area (Å²) in [5.41, 5.74) is 3.44. The number of nitrogens with zero attached hydrogens (tertiary/aromatic N) is 3. The van der Waals surface area contributed by atoms with E-state index in [2.05, 4.69) is 45.0 Å². The highest BCUT2D eigenvalue weighted by molar-refractivity contribution is 14.1. The molecular weight excluding hydrogens is 567 g/mol. The molecule has 184 valence electrons. The third-order valence-electron chi connectivity index (χ3n) is 5.74. The fourth-order valence-corrected chi connectivity index (χ4v) is 4.47. The second-order valence-corrected chi connectivity index (χ2v) is 9.56. The molecule has 0 aliphatic rings. The first kappa shape index (κ1) is 25.6. The molecule has 7 nitrogen and oxygen atoms in total. The fourth-order valence-electron chi connectivity index (χ4n) is 3.83. The molecule has 36 heavy (non-hydrogen) atoms. The van der Waals surface area contributed by atoms with Gasteiger partial charge in [0.25, 0.3) is 5.91 Å². The maximum Gasteiger partial charge on any atom is 0.257 e. The van der Waals surface area contributed by atoms with E-state index >= 15 is 0 Å². The second kappa shape index (κ2) is 12.0. The van der Waals surface area contributed by atoms with Crippen molar-refractivity contribution < 1.29 is 15.0 Å². The van der Waals surface area contributed by atoms with Gasteiger partial charge < -0.3 is 20.4 Å². The van der Waals surface area contributed by atoms with Crippen molar-refractivity contribution in [2.24, 2.45) is 0 Å². The molecule has 0 aliphatic heterocycles. The number of aromatic nitrogens is 2. The number of aliphatic hydroxyl groups is 1. The van der Waals surface area contributed by atoms with Crippen LogP contribution in [0, 0.1) is 3.57 Å². The van der Waals surface area contributed by atoms with Gasteiger partial charge in [0.2, 0.25) is 5.95 Å². The number of carbonyl (C=O) groups is 1. The van der Waals surface area contributed by atoms with Gasteiger partial charge in [-0.15, -0.1) is 0 Å². The van der Waals surface area contributed by atoms with Crippen molar-refractivity contribution in [1.82, 2.24) is 14.9 Å². The summed E-state index contributed by atoms with van der Waals surface area (Å²) in [5.74, 6) is 0.199. The van der Waals surface area contributed by atoms with Crippen LogP contribution >= 0.6 is 22.6 Å². The fraction of sp³-hybridized carbons (Fsp3) is 0.179. The van der Waals surface area contributed by atoms with Gasteiger partial charge in [0.05, 0.1) is 23.9 Å². The summed E-state index contributed by atoms with van der Waals surface area (Å²) in [6.45, 7) is 0.698. The van der Waals surface area contributed by atoms with Gasteiger partial charge in [-0.25, -0.2) is 9.97 Å². The lowest BCUT2D eigenvalue weighted by molar-refractivity contribution is 0.0681. The number of likely N-dealkylation sites (N-methyl/N-ethyl adjacent to an activating group) is 1. The molecule has 3 N–H and O–H groups in total. The number of aliphatic hydroxyl groups excluding tert-OH is 1. The SMILES string of the molecule is CN(CC(O)c1cccc(O)c1)C(=O)c1cnc(NCCc2ccccc2)nc1-c1ccccc1I. The van der Waals surface area contributed by atoms with Gasteiger partial charge in [0.15, 0.2) is 0 Å². The maximum absolute atomic E-state index is 13.5. The number of phenols is 1. The lowest BCUT2D eigenvalue weighted by atomic mass is 10.1. The molecule has 0 aliphatic carbocycles. The van der Waals surface area contributed by atoms with E-state index in [1.807, 2.05) is 42.5 Å². The molecular formula is C28H27IN4O3. The highest BCUT2D eigenvalue weighted by Gasteiger charge is 2.23. The molecule has 1 unspecified atom stereocenters. The third-order valence-corrected chi connectivity index (χ3v) is 6.68. The summed E-state index contributed by atoms with van der Waals surface area (Å²) in [6, 6.07) is 24.3. The van der Waals surface area contributed by atoms with Gasteiger partial charge in [-0.1, -0.05) is 60.7 Å². The summed E-state index contributed by atoms with van der Waals surface area (Å²) in [5, 5.41) is 23.6. The van der Waals surface area contributed by atoms with Crippen LogP contribution in [0.25, 0.3) is 11.3 Å². The van der Waals surface area contributed by atoms with E-state index in [1.54, 1.807) is 19.2 Å². The number of carbonyl (C=O) groups excluding carboxylic acids is 1. The van der Waals surface area contributed by atoms with Crippen LogP contribution in [0.4, 0.5) is 5.95 Å². The number of benzene rings is 3. The summed E-state index contributed by atoms with van der Waals surface area (Å²) >= 11 is 2.23. The number of hydrogen-bond acceptors (Lipinski definition) is 6. The van der Waals surface area contributed by atoms with Crippen molar-refractivity contribution in [2.75, 3.05) is 25.5 Å². The minimum Gasteiger partial charge on any atom is -0.508 e. The van der Waals surface area contributed by atoms with Gasteiger partial charge in [-0.2, -0.15) is 0 Å². The number of rotatable bonds is 9. The van der Waals surface area contributed by atoms with E-state index in [4.69, 9.17) is 4.98 Å². The molecule has 0 spiro atoms. The number of anilines is 1. The lowest BCUT2D eigenvalue weighted by Gasteiger charge is -2.22. The molecule has 1 amide bonds. The molecule has 1 heterocycles. The molecule has 1 atom stereocenters. The Hall–Kier alpha value is -3.50. The topological polar surface area (TPSA) is 98.6 Å². The quantitative estimate of drug-likeness (QED) is 0.238. The van der Waals surface area contributed by atoms with Gasteiger partial charge in [-0.05, 0) is 58.3 Å². The number of amides is 1. The zero-order valence-electron chi connectivity index (χ0n) is 19.8. The van der Waals surface area contributed by atoms with Crippen LogP contribution in [0.5, 0.6) is 5.75 Å². The highest BCUT2D eigenvalue weighted by atomic mass is 127. The zero-order valence-corrected chi connectivity index (χ0v) is 22.0. The third kappa shape index (κ3) is 6.38. The van der Waals surface area contributed by atoms with Gasteiger partial charge in [-0.3, -0.25) is 4.79 Å². The minimum absolute atomic E-state index is 0.0463. The molecule has 0 saturated heterocycles. The van der Waals surface area contributed by atoms with Gasteiger partial charge in [0.1, 0.15) is 5.75 Å². The first-order valence-electron chi connectivity index (χ1n) is 11.5. The van der Waals surface area contributed by atoms with Gasteiger partial charge >= 0.3 is 0 Å². The van der Waals surface area contributed by atoms with E-state index in [9.17, 15) is 15.0 Å². The molecule has 0 radical (unpaired) electrons. The van der Waals surface area contributed by atoms with E-state index in [0.29, 0.717) is 29.3 Å². The van der Waals surface area contributed by atoms with Crippen LogP contribution in [0.2, 0.25) is 0 Å². The first-order chi connectivity index (χ1) is 17.4. The monoisotopic (exact) mass is 594 g/mol. The summed E-state index contributed by atoms with van der Waals surface area (Å²) in [7, 11) is 1.63. The van der Waals surface area contributed by atoms with Crippen LogP contribution in [0.3, 0.4) is 0 Å². The number of halogens is 1. The van der Waals surface area contributed by atoms with Crippen LogP contribution in [0.1, 0.15) is 27.6 Å². The van der Waals surface area contributed by atoms with Crippen LogP contribution in [0.15, 0.2) is 85.1 Å². The average Bonchev–Trinajstić information content (AvgIpc) is 2.89. The van der Waals surface area contributed by atoms with E-state index in [-0.39, 0.29) is 18.2 Å². The molecule has 3 aromatic carbocycles. The Balaban J connectivity index is 1.56. The normalized spacial score (nSPS) is 11.6. The van der Waals surface area contributed by atoms with Crippen molar-refractivity contribution in [3.63, 3.8) is 0 Å². The Morgan fingerprint density at radius 2 is 1.81 bits per heavy atom. The molecule has 4 rings (SSSR count). The molecule has 0 saturated carbocycles. The molecule has 0 bridgehead atoms. The van der Waals surface area contributed by atoms with Crippen molar-refractivity contribution in [2.45, 2.75) is 12.5 Å². The standard InChI is InChI=1S/C28H27IN4O3/c1-33(18-25(35)20-10-7-11-21(34)16-20)27(36)23-17-31-28(30-15-14-19-8-3-2-4-9-19)32-26(23)22-12-5-6-13-24(22)29/h2-13,16-17,25,34-35H,14-15,18H2,1H3,(H,30,31,32). The Morgan fingerprint density at radius 1 is 1.06 bits per heavy atom. The van der Waals surface area contributed by atoms with Gasteiger partial charge in [0, 0.05) is 28.9 Å². The Morgan fingerprint density at radius 3 is 2.56 bits per heavy atom. The van der Waals surface area contributed by atoms with E-state index in [1.165, 1.54) is 28.8 Å². The largest absolute Gasteiger partial charge is 0.508 e. The van der Waals surface area contributed by atoms with E-state index < -0.39 is 6.10 Å². The van der Waals surface area contributed by atoms with E-state index in [0.717, 1.165) is 15.6 Å². The number of nitrogens with one attached hydrogen (secondary N) is 1. The first-order valence-corrected chi connectivity index (χ1v) is 12.6. The summed E-state index contributed by atoms with van der Waals surface area (Å²) in [6.07, 6.45) is 1.40. The zero-order chi connectivity index (χ0) is 25.5. The molecule has 0 fully saturated rings. The predicted octanol–water partition coefficient (Wildman–Crippen LogP) is 4.91. The smallest absolute Gasteiger partial charge is 0.257 e. The number of hydrogen-bond donors (Lipinski definition) is 3. The minimum atomic E-state index is -0.953. The number of phenolic OH excluding ortho intramolecular Hbond substituents is 1. The highest BCUT2D eigenvalue weighted by Crippen LogP contribution is 2.28. The predicted molar refractivity (Wildman–Crippen MR) is 149 cm³/mol. The Labute approximate surface area is 224 Å². The lowest BCUT2D eigenvalue weighted by Crippen LogP contribution is -2.32. The molecule has 1 aromatic heterocycles. The van der Waals surface area contributed by atoms with Crippen LogP contribution < -0.4 is 5.32 Å². The molecule has 4 aromatic rings. The summed E-state index contributed by atoms with van der Waals surface area (Å²) in [4.78, 5) is 24.0. The molecule has 8 heteroatoms. The maximum atomic E-state index is 13.5. The second-order valence-electron chi connectivity index (χ2n) is 8.39. The van der Waals surface area contributed by atoms with Crippen LogP contribution in [-0.2, 0) is 6.42 Å². The summed E-state index contributed by atoms with van der Waals surface area (Å²) < 4.78 is 0.959. The number of aromatic hydroxyl groups is 1. The van der Waals surface area contributed by atoms with Crippen molar-refractivity contribution in [3.8, 4) is 17.0 Å². The van der Waals surface area contributed by atoms with Crippen LogP contribution in [-0.4, -0.2) is 51.1 Å². The Kier molecular flexibility index (Phi) is 8.50.